The molecule has 0 aliphatic heterocycles. The van der Waals surface area contributed by atoms with Crippen molar-refractivity contribution in [3.8, 4) is 5.75 Å². The van der Waals surface area contributed by atoms with E-state index in [0.29, 0.717) is 22.4 Å². The van der Waals surface area contributed by atoms with Crippen molar-refractivity contribution in [2.75, 3.05) is 13.7 Å². The highest BCUT2D eigenvalue weighted by Crippen LogP contribution is 2.33. The van der Waals surface area contributed by atoms with Crippen molar-refractivity contribution in [1.82, 2.24) is 0 Å². The van der Waals surface area contributed by atoms with Crippen LogP contribution < -0.4 is 4.74 Å². The molecule has 1 N–H and O–H groups in total. The third-order valence-electron chi connectivity index (χ3n) is 2.19. The standard InChI is InChI=1S/C13H15BrO4/c1-8(2)7-18-10-6-4-5-9(11(10)14)12(15)13(16)17-3/h4-6,12,15H,1,7H2,2-3H3. The number of hydrogen-bond donors (Lipinski definition) is 1. The Hall–Kier alpha value is -1.33. The number of carbonyl (C=O) groups excluding carboxylic acids is 1. The number of methoxy groups -OCH3 is 1. The van der Waals surface area contributed by atoms with Gasteiger partial charge in [-0.3, -0.25) is 0 Å². The normalized spacial score (nSPS) is 11.8. The maximum Gasteiger partial charge on any atom is 0.339 e. The maximum atomic E-state index is 11.3. The van der Waals surface area contributed by atoms with Crippen LogP contribution in [0.2, 0.25) is 0 Å². The van der Waals surface area contributed by atoms with Gasteiger partial charge >= 0.3 is 5.97 Å². The molecule has 0 bridgehead atoms. The Morgan fingerprint density at radius 3 is 2.78 bits per heavy atom. The minimum Gasteiger partial charge on any atom is -0.488 e. The topological polar surface area (TPSA) is 55.8 Å². The number of aliphatic hydroxyl groups is 1. The average Bonchev–Trinajstić information content (AvgIpc) is 2.35. The zero-order valence-electron chi connectivity index (χ0n) is 10.3. The van der Waals surface area contributed by atoms with Crippen molar-refractivity contribution in [1.29, 1.82) is 0 Å². The van der Waals surface area contributed by atoms with Crippen LogP contribution in [0.3, 0.4) is 0 Å². The summed E-state index contributed by atoms with van der Waals surface area (Å²) in [5.41, 5.74) is 1.28. The minimum absolute atomic E-state index is 0.371. The molecule has 98 valence electrons. The van der Waals surface area contributed by atoms with Crippen LogP contribution in [0.15, 0.2) is 34.8 Å². The van der Waals surface area contributed by atoms with Crippen LogP contribution in [0.4, 0.5) is 0 Å². The number of hydrogen-bond acceptors (Lipinski definition) is 4. The van der Waals surface area contributed by atoms with E-state index < -0.39 is 12.1 Å². The van der Waals surface area contributed by atoms with Crippen LogP contribution in [0.1, 0.15) is 18.6 Å². The van der Waals surface area contributed by atoms with Gasteiger partial charge in [-0.25, -0.2) is 4.79 Å². The first-order valence-electron chi connectivity index (χ1n) is 5.28. The van der Waals surface area contributed by atoms with Gasteiger partial charge in [0.2, 0.25) is 0 Å². The quantitative estimate of drug-likeness (QED) is 0.670. The smallest absolute Gasteiger partial charge is 0.339 e. The number of aliphatic hydroxyl groups excluding tert-OH is 1. The largest absolute Gasteiger partial charge is 0.488 e. The Labute approximate surface area is 114 Å². The Morgan fingerprint density at radius 2 is 2.22 bits per heavy atom. The summed E-state index contributed by atoms with van der Waals surface area (Å²) in [6, 6.07) is 5.06. The second-order valence-electron chi connectivity index (χ2n) is 3.83. The number of rotatable bonds is 5. The predicted molar refractivity (Wildman–Crippen MR) is 71.4 cm³/mol. The van der Waals surface area contributed by atoms with E-state index in [-0.39, 0.29) is 0 Å². The Bertz CT molecular complexity index is 456. The number of esters is 1. The first-order valence-corrected chi connectivity index (χ1v) is 6.08. The lowest BCUT2D eigenvalue weighted by atomic mass is 10.1. The molecule has 1 rings (SSSR count). The lowest BCUT2D eigenvalue weighted by Crippen LogP contribution is -2.14. The van der Waals surface area contributed by atoms with Crippen molar-refractivity contribution in [3.05, 3.63) is 40.4 Å². The van der Waals surface area contributed by atoms with Crippen LogP contribution in [0.5, 0.6) is 5.75 Å². The maximum absolute atomic E-state index is 11.3. The van der Waals surface area contributed by atoms with E-state index in [9.17, 15) is 9.90 Å². The second-order valence-corrected chi connectivity index (χ2v) is 4.62. The van der Waals surface area contributed by atoms with Crippen LogP contribution in [0, 0.1) is 0 Å². The van der Waals surface area contributed by atoms with Crippen molar-refractivity contribution in [2.45, 2.75) is 13.0 Å². The van der Waals surface area contributed by atoms with Gasteiger partial charge in [-0.15, -0.1) is 0 Å². The minimum atomic E-state index is -1.34. The molecule has 0 heterocycles. The van der Waals surface area contributed by atoms with E-state index in [2.05, 4.69) is 27.2 Å². The molecular formula is C13H15BrO4. The van der Waals surface area contributed by atoms with Crippen molar-refractivity contribution in [2.24, 2.45) is 0 Å². The van der Waals surface area contributed by atoms with E-state index in [0.717, 1.165) is 5.57 Å². The SMILES string of the molecule is C=C(C)COc1cccc(C(O)C(=O)OC)c1Br. The van der Waals surface area contributed by atoms with Gasteiger partial charge in [0, 0.05) is 5.56 Å². The van der Waals surface area contributed by atoms with Gasteiger partial charge in [0.1, 0.15) is 12.4 Å². The van der Waals surface area contributed by atoms with E-state index >= 15 is 0 Å². The highest BCUT2D eigenvalue weighted by molar-refractivity contribution is 9.10. The number of halogens is 1. The summed E-state index contributed by atoms with van der Waals surface area (Å²) in [6.07, 6.45) is -1.34. The number of carbonyl (C=O) groups is 1. The molecular weight excluding hydrogens is 300 g/mol. The van der Waals surface area contributed by atoms with Gasteiger partial charge in [0.15, 0.2) is 6.10 Å². The van der Waals surface area contributed by atoms with Gasteiger partial charge < -0.3 is 14.6 Å². The van der Waals surface area contributed by atoms with E-state index in [4.69, 9.17) is 4.74 Å². The van der Waals surface area contributed by atoms with Crippen LogP contribution in [-0.4, -0.2) is 24.8 Å². The summed E-state index contributed by atoms with van der Waals surface area (Å²) in [5.74, 6) is -0.175. The molecule has 18 heavy (non-hydrogen) atoms. The van der Waals surface area contributed by atoms with E-state index in [1.54, 1.807) is 18.2 Å². The summed E-state index contributed by atoms with van der Waals surface area (Å²) < 4.78 is 10.5. The summed E-state index contributed by atoms with van der Waals surface area (Å²) >= 11 is 3.31. The molecule has 0 amide bonds. The molecule has 0 aliphatic rings. The molecule has 1 atom stereocenters. The second kappa shape index (κ2) is 6.56. The molecule has 0 saturated carbocycles. The third kappa shape index (κ3) is 3.58. The lowest BCUT2D eigenvalue weighted by molar-refractivity contribution is -0.150. The molecule has 1 unspecified atom stereocenters. The summed E-state index contributed by atoms with van der Waals surface area (Å²) in [4.78, 5) is 11.3. The molecule has 0 aliphatic carbocycles. The fourth-order valence-corrected chi connectivity index (χ4v) is 1.89. The zero-order chi connectivity index (χ0) is 13.7. The molecule has 0 fully saturated rings. The number of ether oxygens (including phenoxy) is 2. The lowest BCUT2D eigenvalue weighted by Gasteiger charge is -2.14. The fourth-order valence-electron chi connectivity index (χ4n) is 1.29. The first kappa shape index (κ1) is 14.7. The summed E-state index contributed by atoms with van der Waals surface area (Å²) in [6.45, 7) is 5.95. The molecule has 0 radical (unpaired) electrons. The fraction of sp³-hybridized carbons (Fsp3) is 0.308. The molecule has 4 nitrogen and oxygen atoms in total. The molecule has 0 saturated heterocycles. The van der Waals surface area contributed by atoms with Crippen molar-refractivity contribution >= 4 is 21.9 Å². The Morgan fingerprint density at radius 1 is 1.56 bits per heavy atom. The van der Waals surface area contributed by atoms with E-state index in [1.165, 1.54) is 7.11 Å². The highest BCUT2D eigenvalue weighted by Gasteiger charge is 2.22. The van der Waals surface area contributed by atoms with Gasteiger partial charge in [0.05, 0.1) is 11.6 Å². The highest BCUT2D eigenvalue weighted by atomic mass is 79.9. The van der Waals surface area contributed by atoms with Crippen LogP contribution in [0.25, 0.3) is 0 Å². The van der Waals surface area contributed by atoms with Gasteiger partial charge in [-0.2, -0.15) is 0 Å². The van der Waals surface area contributed by atoms with Gasteiger partial charge in [0.25, 0.3) is 0 Å². The molecule has 5 heteroatoms. The summed E-state index contributed by atoms with van der Waals surface area (Å²) in [7, 11) is 1.22. The Kier molecular flexibility index (Phi) is 5.37. The Balaban J connectivity index is 2.97. The van der Waals surface area contributed by atoms with Gasteiger partial charge in [-0.1, -0.05) is 18.7 Å². The summed E-state index contributed by atoms with van der Waals surface area (Å²) in [5, 5.41) is 9.79. The van der Waals surface area contributed by atoms with Crippen LogP contribution >= 0.6 is 15.9 Å². The third-order valence-corrected chi connectivity index (χ3v) is 3.03. The van der Waals surface area contributed by atoms with Crippen molar-refractivity contribution in [3.63, 3.8) is 0 Å². The van der Waals surface area contributed by atoms with Gasteiger partial charge in [-0.05, 0) is 34.5 Å². The number of benzene rings is 1. The van der Waals surface area contributed by atoms with Crippen molar-refractivity contribution < 1.29 is 19.4 Å². The first-order chi connectivity index (χ1) is 8.47. The monoisotopic (exact) mass is 314 g/mol. The molecule has 0 spiro atoms. The molecule has 0 aromatic heterocycles. The molecule has 1 aromatic rings. The van der Waals surface area contributed by atoms with Crippen LogP contribution in [-0.2, 0) is 9.53 Å². The predicted octanol–water partition coefficient (Wildman–Crippen LogP) is 2.61. The zero-order valence-corrected chi connectivity index (χ0v) is 11.9. The molecule has 1 aromatic carbocycles. The van der Waals surface area contributed by atoms with E-state index in [1.807, 2.05) is 6.92 Å². The average molecular weight is 315 g/mol.